The molecule has 244 valence electrons. The van der Waals surface area contributed by atoms with Gasteiger partial charge in [-0.15, -0.1) is 6.42 Å². The van der Waals surface area contributed by atoms with E-state index in [-0.39, 0.29) is 47.0 Å². The number of aromatic hydroxyl groups is 1. The number of nitrogens with two attached hydrogens (primary N) is 1. The summed E-state index contributed by atoms with van der Waals surface area (Å²) in [4.78, 5) is 13.9. The first-order valence-corrected chi connectivity index (χ1v) is 16.6. The number of piperidine rings is 1. The average molecular weight is 640 g/mol. The predicted molar refractivity (Wildman–Crippen MR) is 178 cm³/mol. The van der Waals surface area contributed by atoms with Crippen LogP contribution in [0.25, 0.3) is 32.8 Å². The van der Waals surface area contributed by atoms with E-state index in [1.54, 1.807) is 18.2 Å². The molecule has 4 aromatic rings. The standard InChI is InChI=1S/C37H39F2N5O3/c1-3-23-6-4-7-24-16-26(45)17-29(30(23)24)27-8-9-28-32(31(27)39)41-35(47-21-37-10-5-13-44(37)19-25(38)18-37)42-34(28)43-14-11-36(12-15-43)20-46-22(2)33(36)40/h1,4,6-9,16-17,22,25,33,45H,5,10-15,18-21,40H2,2H3/t22-,25+,33+,37-/m0/s1. The second kappa shape index (κ2) is 11.3. The van der Waals surface area contributed by atoms with Crippen LogP contribution in [-0.4, -0.2) is 83.2 Å². The van der Waals surface area contributed by atoms with Gasteiger partial charge in [0.25, 0.3) is 0 Å². The van der Waals surface area contributed by atoms with Crippen LogP contribution >= 0.6 is 0 Å². The van der Waals surface area contributed by atoms with Crippen LogP contribution in [0.15, 0.2) is 42.5 Å². The SMILES string of the molecule is C#Cc1cccc2cc(O)cc(-c3ccc4c(N5CCC6(CC5)CO[C@@H](C)[C@H]6N)nc(OC[C@@]56CCCN5C[C@H](F)C6)nc4c3F)c12. The molecule has 1 spiro atoms. The summed E-state index contributed by atoms with van der Waals surface area (Å²) in [5, 5.41) is 12.5. The van der Waals surface area contributed by atoms with Gasteiger partial charge in [0.15, 0.2) is 5.82 Å². The molecular weight excluding hydrogens is 600 g/mol. The van der Waals surface area contributed by atoms with E-state index < -0.39 is 17.5 Å². The molecule has 1 aromatic heterocycles. The van der Waals surface area contributed by atoms with Gasteiger partial charge >= 0.3 is 6.01 Å². The van der Waals surface area contributed by atoms with Gasteiger partial charge in [-0.1, -0.05) is 24.1 Å². The third kappa shape index (κ3) is 4.90. The smallest absolute Gasteiger partial charge is 0.319 e. The van der Waals surface area contributed by atoms with Crippen molar-refractivity contribution >= 4 is 27.5 Å². The highest BCUT2D eigenvalue weighted by atomic mass is 19.1. The molecule has 47 heavy (non-hydrogen) atoms. The Morgan fingerprint density at radius 1 is 1.13 bits per heavy atom. The van der Waals surface area contributed by atoms with E-state index in [0.717, 1.165) is 32.2 Å². The molecule has 4 fully saturated rings. The van der Waals surface area contributed by atoms with Crippen LogP contribution in [0.1, 0.15) is 44.6 Å². The van der Waals surface area contributed by atoms with Gasteiger partial charge < -0.3 is 25.2 Å². The fraction of sp³-hybridized carbons (Fsp3) is 0.459. The Morgan fingerprint density at radius 3 is 2.72 bits per heavy atom. The molecule has 0 radical (unpaired) electrons. The van der Waals surface area contributed by atoms with Gasteiger partial charge in [-0.2, -0.15) is 9.97 Å². The van der Waals surface area contributed by atoms with Crippen LogP contribution < -0.4 is 15.4 Å². The second-order valence-electron chi connectivity index (χ2n) is 13.9. The lowest BCUT2D eigenvalue weighted by Gasteiger charge is -2.41. The molecular formula is C37H39F2N5O3. The Balaban J connectivity index is 1.23. The Morgan fingerprint density at radius 2 is 1.96 bits per heavy atom. The van der Waals surface area contributed by atoms with E-state index in [9.17, 15) is 9.50 Å². The summed E-state index contributed by atoms with van der Waals surface area (Å²) in [6.07, 6.45) is 8.82. The molecule has 4 atom stereocenters. The van der Waals surface area contributed by atoms with Gasteiger partial charge in [-0.25, -0.2) is 8.78 Å². The van der Waals surface area contributed by atoms with Crippen LogP contribution in [0.5, 0.6) is 11.8 Å². The summed E-state index contributed by atoms with van der Waals surface area (Å²) in [7, 11) is 0. The summed E-state index contributed by atoms with van der Waals surface area (Å²) >= 11 is 0. The van der Waals surface area contributed by atoms with Crippen LogP contribution in [0.3, 0.4) is 0 Å². The lowest BCUT2D eigenvalue weighted by atomic mass is 9.73. The fourth-order valence-corrected chi connectivity index (χ4v) is 8.67. The number of halogens is 2. The molecule has 5 heterocycles. The first-order valence-electron chi connectivity index (χ1n) is 16.6. The van der Waals surface area contributed by atoms with Gasteiger partial charge in [0.05, 0.1) is 18.2 Å². The number of terminal acetylenes is 1. The number of hydrogen-bond acceptors (Lipinski definition) is 8. The number of anilines is 1. The maximum Gasteiger partial charge on any atom is 0.319 e. The Hall–Kier alpha value is -4.04. The quantitative estimate of drug-likeness (QED) is 0.274. The number of nitrogens with zero attached hydrogens (tertiary/aromatic N) is 4. The topological polar surface area (TPSA) is 97.0 Å². The maximum atomic E-state index is 16.9. The van der Waals surface area contributed by atoms with Crippen molar-refractivity contribution in [2.45, 2.75) is 62.9 Å². The van der Waals surface area contributed by atoms with Crippen LogP contribution in [0.2, 0.25) is 0 Å². The Labute approximate surface area is 272 Å². The third-order valence-corrected chi connectivity index (χ3v) is 11.3. The monoisotopic (exact) mass is 639 g/mol. The Kier molecular flexibility index (Phi) is 7.28. The van der Waals surface area contributed by atoms with Crippen molar-refractivity contribution < 1.29 is 23.4 Å². The normalized spacial score (nSPS) is 27.1. The number of aromatic nitrogens is 2. The molecule has 0 saturated carbocycles. The minimum atomic E-state index is -0.897. The Bertz CT molecular complexity index is 1920. The van der Waals surface area contributed by atoms with E-state index in [2.05, 4.69) is 20.7 Å². The minimum Gasteiger partial charge on any atom is -0.508 e. The van der Waals surface area contributed by atoms with Gasteiger partial charge in [-0.3, -0.25) is 4.90 Å². The summed E-state index contributed by atoms with van der Waals surface area (Å²) in [5.74, 6) is 2.73. The van der Waals surface area contributed by atoms with Gasteiger partial charge in [-0.05, 0) is 74.4 Å². The zero-order valence-electron chi connectivity index (χ0n) is 26.5. The lowest BCUT2D eigenvalue weighted by molar-refractivity contribution is 0.0973. The van der Waals surface area contributed by atoms with Crippen LogP contribution in [0, 0.1) is 23.6 Å². The number of alkyl halides is 1. The van der Waals surface area contributed by atoms with Crippen molar-refractivity contribution in [3.05, 3.63) is 53.8 Å². The number of rotatable bonds is 5. The van der Waals surface area contributed by atoms with E-state index in [1.165, 1.54) is 6.07 Å². The molecule has 0 bridgehead atoms. The van der Waals surface area contributed by atoms with E-state index >= 15 is 4.39 Å². The molecule has 4 saturated heterocycles. The summed E-state index contributed by atoms with van der Waals surface area (Å²) in [6, 6.07) is 12.2. The average Bonchev–Trinajstić information content (AvgIpc) is 3.69. The summed E-state index contributed by atoms with van der Waals surface area (Å²) in [5.41, 5.74) is 7.54. The highest BCUT2D eigenvalue weighted by molar-refractivity contribution is 6.04. The summed E-state index contributed by atoms with van der Waals surface area (Å²) < 4.78 is 43.7. The second-order valence-corrected chi connectivity index (χ2v) is 13.9. The van der Waals surface area contributed by atoms with E-state index in [1.807, 2.05) is 25.1 Å². The minimum absolute atomic E-state index is 0.00216. The third-order valence-electron chi connectivity index (χ3n) is 11.3. The first-order chi connectivity index (χ1) is 22.7. The first kappa shape index (κ1) is 30.3. The van der Waals surface area contributed by atoms with Crippen LogP contribution in [-0.2, 0) is 4.74 Å². The molecule has 3 aromatic carbocycles. The van der Waals surface area contributed by atoms with Gasteiger partial charge in [0, 0.05) is 59.4 Å². The van der Waals surface area contributed by atoms with E-state index in [4.69, 9.17) is 26.6 Å². The maximum absolute atomic E-state index is 16.9. The molecule has 8 nitrogen and oxygen atoms in total. The highest BCUT2D eigenvalue weighted by Crippen LogP contribution is 2.45. The number of ether oxygens (including phenoxy) is 2. The molecule has 4 aliphatic heterocycles. The van der Waals surface area contributed by atoms with Crippen molar-refractivity contribution in [2.75, 3.05) is 44.3 Å². The molecule has 0 amide bonds. The largest absolute Gasteiger partial charge is 0.508 e. The predicted octanol–water partition coefficient (Wildman–Crippen LogP) is 5.56. The van der Waals surface area contributed by atoms with Gasteiger partial charge in [0.1, 0.15) is 29.9 Å². The lowest BCUT2D eigenvalue weighted by Crippen LogP contribution is -2.50. The van der Waals surface area contributed by atoms with Crippen molar-refractivity contribution in [1.29, 1.82) is 0 Å². The number of hydrogen-bond donors (Lipinski definition) is 2. The van der Waals surface area contributed by atoms with Crippen molar-refractivity contribution in [1.82, 2.24) is 14.9 Å². The zero-order valence-corrected chi connectivity index (χ0v) is 26.5. The van der Waals surface area contributed by atoms with Crippen molar-refractivity contribution in [2.24, 2.45) is 11.1 Å². The molecule has 0 aliphatic carbocycles. The number of fused-ring (bicyclic) bond motifs is 3. The zero-order chi connectivity index (χ0) is 32.5. The highest BCUT2D eigenvalue weighted by Gasteiger charge is 2.50. The van der Waals surface area contributed by atoms with Crippen molar-refractivity contribution in [3.8, 4) is 35.2 Å². The number of phenolic OH excluding ortho intramolecular Hbond substituents is 1. The molecule has 3 N–H and O–H groups in total. The van der Waals surface area contributed by atoms with Gasteiger partial charge in [0.2, 0.25) is 0 Å². The van der Waals surface area contributed by atoms with Crippen LogP contribution in [0.4, 0.5) is 14.6 Å². The number of phenols is 1. The van der Waals surface area contributed by atoms with Crippen molar-refractivity contribution in [3.63, 3.8) is 0 Å². The molecule has 0 unspecified atom stereocenters. The van der Waals surface area contributed by atoms with E-state index in [0.29, 0.717) is 65.8 Å². The molecule has 10 heteroatoms. The molecule has 8 rings (SSSR count). The molecule has 4 aliphatic rings. The summed E-state index contributed by atoms with van der Waals surface area (Å²) in [6.45, 7) is 5.47. The fourth-order valence-electron chi connectivity index (χ4n) is 8.67. The number of benzene rings is 3.